The molecule has 2 rings (SSSR count). The molecule has 0 radical (unpaired) electrons. The molecule has 0 aromatic rings. The molecule has 1 unspecified atom stereocenters. The summed E-state index contributed by atoms with van der Waals surface area (Å²) in [6.07, 6.45) is 1.91. The Kier molecular flexibility index (Phi) is 6.92. The van der Waals surface area contributed by atoms with Crippen molar-refractivity contribution in [1.29, 1.82) is 0 Å². The van der Waals surface area contributed by atoms with Crippen molar-refractivity contribution in [2.24, 2.45) is 5.92 Å². The minimum Gasteiger partial charge on any atom is -0.394 e. The van der Waals surface area contributed by atoms with Crippen molar-refractivity contribution in [2.75, 3.05) is 59.0 Å². The van der Waals surface area contributed by atoms with Gasteiger partial charge in [-0.25, -0.2) is 4.79 Å². The number of rotatable bonds is 6. The fraction of sp³-hybridized carbons (Fsp3) is 0.938. The van der Waals surface area contributed by atoms with Gasteiger partial charge in [0.05, 0.1) is 12.6 Å². The molecule has 2 saturated heterocycles. The van der Waals surface area contributed by atoms with Crippen LogP contribution in [-0.4, -0.2) is 90.8 Å². The number of likely N-dealkylation sites (tertiary alicyclic amines) is 1. The van der Waals surface area contributed by atoms with Crippen LogP contribution < -0.4 is 5.32 Å². The number of likely N-dealkylation sites (N-methyl/N-ethyl adjacent to an activating group) is 1. The van der Waals surface area contributed by atoms with E-state index in [-0.39, 0.29) is 18.7 Å². The number of nitrogens with one attached hydrogen (secondary N) is 1. The normalized spacial score (nSPS) is 25.4. The van der Waals surface area contributed by atoms with Gasteiger partial charge in [-0.15, -0.1) is 0 Å². The van der Waals surface area contributed by atoms with Gasteiger partial charge in [-0.1, -0.05) is 13.8 Å². The molecule has 2 aliphatic rings. The summed E-state index contributed by atoms with van der Waals surface area (Å²) in [5.41, 5.74) is 0. The van der Waals surface area contributed by atoms with E-state index in [0.717, 1.165) is 58.7 Å². The standard InChI is InChI=1S/C16H32N4O2/c1-3-18-7-9-19(10-8-18)12-14(2)11-17-16(22)20-6-4-5-15(20)13-21/h14-15,21H,3-13H2,1-2H3,(H,17,22)/t14?,15-/m0/s1. The van der Waals surface area contributed by atoms with Crippen LogP contribution in [0.4, 0.5) is 4.79 Å². The fourth-order valence-electron chi connectivity index (χ4n) is 3.45. The van der Waals surface area contributed by atoms with Gasteiger partial charge < -0.3 is 25.1 Å². The first-order chi connectivity index (χ1) is 10.6. The molecule has 6 nitrogen and oxygen atoms in total. The Labute approximate surface area is 134 Å². The molecular formula is C16H32N4O2. The molecule has 2 aliphatic heterocycles. The van der Waals surface area contributed by atoms with Crippen LogP contribution in [0, 0.1) is 5.92 Å². The van der Waals surface area contributed by atoms with Gasteiger partial charge in [0.1, 0.15) is 0 Å². The lowest BCUT2D eigenvalue weighted by atomic mass is 10.1. The van der Waals surface area contributed by atoms with E-state index in [9.17, 15) is 9.90 Å². The predicted octanol–water partition coefficient (Wildman–Crippen LogP) is 0.426. The van der Waals surface area contributed by atoms with Crippen LogP contribution in [0.25, 0.3) is 0 Å². The zero-order valence-corrected chi connectivity index (χ0v) is 14.1. The molecule has 2 N–H and O–H groups in total. The summed E-state index contributed by atoms with van der Waals surface area (Å²) in [5, 5.41) is 12.3. The van der Waals surface area contributed by atoms with Crippen molar-refractivity contribution < 1.29 is 9.90 Å². The zero-order chi connectivity index (χ0) is 15.9. The largest absolute Gasteiger partial charge is 0.394 e. The topological polar surface area (TPSA) is 59.0 Å². The smallest absolute Gasteiger partial charge is 0.317 e. The second-order valence-electron chi connectivity index (χ2n) is 6.70. The number of piperazine rings is 1. The van der Waals surface area contributed by atoms with E-state index < -0.39 is 0 Å². The third-order valence-corrected chi connectivity index (χ3v) is 4.93. The van der Waals surface area contributed by atoms with Crippen LogP contribution in [0.2, 0.25) is 0 Å². The highest BCUT2D eigenvalue weighted by atomic mass is 16.3. The summed E-state index contributed by atoms with van der Waals surface area (Å²) in [5.74, 6) is 0.451. The average Bonchev–Trinajstić information content (AvgIpc) is 3.02. The summed E-state index contributed by atoms with van der Waals surface area (Å²) in [7, 11) is 0. The minimum atomic E-state index is -0.0146. The molecule has 0 aromatic carbocycles. The third-order valence-electron chi connectivity index (χ3n) is 4.93. The van der Waals surface area contributed by atoms with E-state index in [1.165, 1.54) is 0 Å². The maximum absolute atomic E-state index is 12.2. The Morgan fingerprint density at radius 2 is 1.91 bits per heavy atom. The highest BCUT2D eigenvalue weighted by Crippen LogP contribution is 2.16. The van der Waals surface area contributed by atoms with Crippen LogP contribution in [0.5, 0.6) is 0 Å². The van der Waals surface area contributed by atoms with Crippen LogP contribution in [-0.2, 0) is 0 Å². The quantitative estimate of drug-likeness (QED) is 0.747. The molecule has 0 bridgehead atoms. The summed E-state index contributed by atoms with van der Waals surface area (Å²) in [6.45, 7) is 12.7. The Bertz CT molecular complexity index is 345. The Morgan fingerprint density at radius 3 is 2.55 bits per heavy atom. The molecular weight excluding hydrogens is 280 g/mol. The van der Waals surface area contributed by atoms with Gasteiger partial charge in [-0.05, 0) is 25.3 Å². The number of urea groups is 1. The highest BCUT2D eigenvalue weighted by molar-refractivity contribution is 5.74. The average molecular weight is 312 g/mol. The number of aliphatic hydroxyl groups is 1. The summed E-state index contributed by atoms with van der Waals surface area (Å²) in [4.78, 5) is 18.9. The van der Waals surface area contributed by atoms with E-state index in [0.29, 0.717) is 12.5 Å². The van der Waals surface area contributed by atoms with E-state index >= 15 is 0 Å². The summed E-state index contributed by atoms with van der Waals surface area (Å²) >= 11 is 0. The Hall–Kier alpha value is -0.850. The molecule has 2 fully saturated rings. The molecule has 2 amide bonds. The Morgan fingerprint density at radius 1 is 1.23 bits per heavy atom. The van der Waals surface area contributed by atoms with Crippen LogP contribution >= 0.6 is 0 Å². The minimum absolute atomic E-state index is 0.0115. The summed E-state index contributed by atoms with van der Waals surface area (Å²) in [6, 6.07) is -0.00312. The number of nitrogens with zero attached hydrogens (tertiary/aromatic N) is 3. The van der Waals surface area contributed by atoms with E-state index in [1.54, 1.807) is 4.90 Å². The van der Waals surface area contributed by atoms with Crippen molar-refractivity contribution in [2.45, 2.75) is 32.7 Å². The van der Waals surface area contributed by atoms with Crippen molar-refractivity contribution in [1.82, 2.24) is 20.0 Å². The maximum atomic E-state index is 12.2. The molecule has 128 valence electrons. The molecule has 0 spiro atoms. The SMILES string of the molecule is CCN1CCN(CC(C)CNC(=O)N2CCC[C@H]2CO)CC1. The number of amides is 2. The zero-order valence-electron chi connectivity index (χ0n) is 14.1. The first-order valence-electron chi connectivity index (χ1n) is 8.74. The van der Waals surface area contributed by atoms with E-state index in [2.05, 4.69) is 29.0 Å². The lowest BCUT2D eigenvalue weighted by Crippen LogP contribution is -2.49. The van der Waals surface area contributed by atoms with Gasteiger partial charge in [0, 0.05) is 45.8 Å². The second kappa shape index (κ2) is 8.70. The molecule has 22 heavy (non-hydrogen) atoms. The van der Waals surface area contributed by atoms with Crippen molar-refractivity contribution in [3.63, 3.8) is 0 Å². The highest BCUT2D eigenvalue weighted by Gasteiger charge is 2.28. The molecule has 0 saturated carbocycles. The van der Waals surface area contributed by atoms with Crippen molar-refractivity contribution in [3.8, 4) is 0 Å². The van der Waals surface area contributed by atoms with Gasteiger partial charge in [0.15, 0.2) is 0 Å². The number of carbonyl (C=O) groups is 1. The monoisotopic (exact) mass is 312 g/mol. The van der Waals surface area contributed by atoms with E-state index in [4.69, 9.17) is 0 Å². The van der Waals surface area contributed by atoms with Crippen LogP contribution in [0.1, 0.15) is 26.7 Å². The number of hydrogen-bond donors (Lipinski definition) is 2. The molecule has 2 heterocycles. The van der Waals surface area contributed by atoms with Crippen molar-refractivity contribution >= 4 is 6.03 Å². The Balaban J connectivity index is 1.65. The molecule has 6 heteroatoms. The number of carbonyl (C=O) groups excluding carboxylic acids is 1. The fourth-order valence-corrected chi connectivity index (χ4v) is 3.45. The predicted molar refractivity (Wildman–Crippen MR) is 87.9 cm³/mol. The van der Waals surface area contributed by atoms with Crippen molar-refractivity contribution in [3.05, 3.63) is 0 Å². The van der Waals surface area contributed by atoms with Gasteiger partial charge >= 0.3 is 6.03 Å². The lowest BCUT2D eigenvalue weighted by molar-refractivity contribution is 0.122. The molecule has 2 atom stereocenters. The van der Waals surface area contributed by atoms with Gasteiger partial charge in [0.25, 0.3) is 0 Å². The van der Waals surface area contributed by atoms with Gasteiger partial charge in [0.2, 0.25) is 0 Å². The number of hydrogen-bond acceptors (Lipinski definition) is 4. The van der Waals surface area contributed by atoms with E-state index in [1.807, 2.05) is 0 Å². The van der Waals surface area contributed by atoms with Gasteiger partial charge in [-0.3, -0.25) is 0 Å². The second-order valence-corrected chi connectivity index (χ2v) is 6.70. The third kappa shape index (κ3) is 4.83. The lowest BCUT2D eigenvalue weighted by Gasteiger charge is -2.35. The first-order valence-corrected chi connectivity index (χ1v) is 8.74. The van der Waals surface area contributed by atoms with Crippen LogP contribution in [0.3, 0.4) is 0 Å². The molecule has 0 aromatic heterocycles. The first kappa shape index (κ1) is 17.5. The molecule has 0 aliphatic carbocycles. The summed E-state index contributed by atoms with van der Waals surface area (Å²) < 4.78 is 0. The number of aliphatic hydroxyl groups excluding tert-OH is 1. The van der Waals surface area contributed by atoms with Gasteiger partial charge in [-0.2, -0.15) is 0 Å². The maximum Gasteiger partial charge on any atom is 0.317 e. The van der Waals surface area contributed by atoms with Crippen LogP contribution in [0.15, 0.2) is 0 Å².